The van der Waals surface area contributed by atoms with Crippen molar-refractivity contribution in [3.05, 3.63) is 156 Å². The van der Waals surface area contributed by atoms with Crippen molar-refractivity contribution in [2.45, 2.75) is 0 Å². The number of nitrogens with zero attached hydrogens (tertiary/aromatic N) is 4. The van der Waals surface area contributed by atoms with E-state index in [1.807, 2.05) is 91.0 Å². The van der Waals surface area contributed by atoms with Crippen molar-refractivity contribution in [2.24, 2.45) is 0 Å². The van der Waals surface area contributed by atoms with Gasteiger partial charge in [0.25, 0.3) is 11.8 Å². The summed E-state index contributed by atoms with van der Waals surface area (Å²) in [5.41, 5.74) is 6.55. The Hall–Kier alpha value is -6.76. The third kappa shape index (κ3) is 3.81. The van der Waals surface area contributed by atoms with E-state index in [9.17, 15) is 20.1 Å². The number of carbonyl (C=O) groups is 2. The van der Waals surface area contributed by atoms with Gasteiger partial charge in [0.2, 0.25) is 0 Å². The number of hydrogen-bond acceptors (Lipinski definition) is 4. The van der Waals surface area contributed by atoms with Gasteiger partial charge in [-0.25, -0.2) is 4.90 Å². The van der Waals surface area contributed by atoms with Gasteiger partial charge in [0.1, 0.15) is 12.1 Å². The molecule has 6 aromatic carbocycles. The molecule has 0 saturated heterocycles. The fraction of sp³-hybridized carbons (Fsp3) is 0. The van der Waals surface area contributed by atoms with Gasteiger partial charge in [0.15, 0.2) is 0 Å². The van der Waals surface area contributed by atoms with E-state index in [-0.39, 0.29) is 11.1 Å². The molecule has 0 saturated carbocycles. The Balaban J connectivity index is 1.43. The van der Waals surface area contributed by atoms with Gasteiger partial charge in [-0.15, -0.1) is 0 Å². The maximum Gasteiger partial charge on any atom is 0.268 e. The number of nitriles is 2. The van der Waals surface area contributed by atoms with Crippen LogP contribution in [-0.2, 0) is 0 Å². The van der Waals surface area contributed by atoms with E-state index in [0.717, 1.165) is 33.0 Å². The molecule has 1 aliphatic rings. The molecule has 2 amide bonds. The van der Waals surface area contributed by atoms with Gasteiger partial charge in [-0.05, 0) is 35.4 Å². The molecule has 1 aromatic heterocycles. The number of aromatic nitrogens is 1. The summed E-state index contributed by atoms with van der Waals surface area (Å²) in [6.45, 7) is 0. The maximum atomic E-state index is 14.8. The minimum atomic E-state index is -0.477. The zero-order valence-electron chi connectivity index (χ0n) is 24.3. The van der Waals surface area contributed by atoms with Crippen LogP contribution in [0.4, 0.5) is 5.69 Å². The Morgan fingerprint density at radius 2 is 0.957 bits per heavy atom. The van der Waals surface area contributed by atoms with Crippen molar-refractivity contribution in [2.75, 3.05) is 4.90 Å². The number of fused-ring (bicyclic) bond motifs is 4. The second-order valence-corrected chi connectivity index (χ2v) is 11.0. The molecule has 0 radical (unpaired) electrons. The predicted molar refractivity (Wildman–Crippen MR) is 179 cm³/mol. The number of rotatable bonds is 4. The Bertz CT molecular complexity index is 2350. The summed E-state index contributed by atoms with van der Waals surface area (Å²) in [6.07, 6.45) is 0. The van der Waals surface area contributed by atoms with Crippen molar-refractivity contribution < 1.29 is 9.59 Å². The van der Waals surface area contributed by atoms with Crippen LogP contribution in [0.2, 0.25) is 0 Å². The van der Waals surface area contributed by atoms with E-state index >= 15 is 0 Å². The van der Waals surface area contributed by atoms with Crippen LogP contribution < -0.4 is 4.90 Å². The summed E-state index contributed by atoms with van der Waals surface area (Å²) in [4.78, 5) is 30.6. The third-order valence-electron chi connectivity index (χ3n) is 8.61. The number of benzene rings is 6. The zero-order chi connectivity index (χ0) is 31.4. The Kier molecular flexibility index (Phi) is 6.10. The molecule has 0 spiro atoms. The van der Waals surface area contributed by atoms with Gasteiger partial charge in [0, 0.05) is 21.9 Å². The lowest BCUT2D eigenvalue weighted by Crippen LogP contribution is -2.30. The SMILES string of the molecule is N#Cc1cccc2c3cccc(C#N)c3n(-c3cccc4c3C(=O)N(c3c(-c5ccccc5)cccc3-c3ccccc3)C4=O)c12. The molecule has 1 aliphatic heterocycles. The Morgan fingerprint density at radius 1 is 0.478 bits per heavy atom. The minimum absolute atomic E-state index is 0.216. The topological polar surface area (TPSA) is 89.9 Å². The number of imide groups is 1. The highest BCUT2D eigenvalue weighted by atomic mass is 16.2. The molecule has 214 valence electrons. The second kappa shape index (κ2) is 10.4. The molecule has 46 heavy (non-hydrogen) atoms. The van der Waals surface area contributed by atoms with Gasteiger partial charge >= 0.3 is 0 Å². The molecule has 6 nitrogen and oxygen atoms in total. The van der Waals surface area contributed by atoms with Crippen molar-refractivity contribution in [1.82, 2.24) is 4.57 Å². The highest BCUT2D eigenvalue weighted by Crippen LogP contribution is 2.45. The van der Waals surface area contributed by atoms with Crippen LogP contribution in [-0.4, -0.2) is 16.4 Å². The molecule has 2 heterocycles. The first kappa shape index (κ1) is 26.8. The van der Waals surface area contributed by atoms with E-state index in [2.05, 4.69) is 12.1 Å². The van der Waals surface area contributed by atoms with E-state index in [1.165, 1.54) is 4.90 Å². The summed E-state index contributed by atoms with van der Waals surface area (Å²) in [7, 11) is 0. The van der Waals surface area contributed by atoms with E-state index in [0.29, 0.717) is 33.5 Å². The predicted octanol–water partition coefficient (Wildman–Crippen LogP) is 8.66. The maximum absolute atomic E-state index is 14.8. The molecule has 6 heteroatoms. The monoisotopic (exact) mass is 590 g/mol. The Labute approximate surface area is 264 Å². The minimum Gasteiger partial charge on any atom is -0.306 e. The number of para-hydroxylation sites is 3. The molecule has 8 rings (SSSR count). The summed E-state index contributed by atoms with van der Waals surface area (Å²) < 4.78 is 1.80. The van der Waals surface area contributed by atoms with Gasteiger partial charge in [-0.1, -0.05) is 109 Å². The normalized spacial score (nSPS) is 12.3. The van der Waals surface area contributed by atoms with Crippen molar-refractivity contribution in [3.63, 3.8) is 0 Å². The number of anilines is 1. The highest BCUT2D eigenvalue weighted by Gasteiger charge is 2.41. The van der Waals surface area contributed by atoms with Gasteiger partial charge in [-0.2, -0.15) is 10.5 Å². The van der Waals surface area contributed by atoms with Crippen LogP contribution in [0.5, 0.6) is 0 Å². The molecule has 0 unspecified atom stereocenters. The Morgan fingerprint density at radius 3 is 1.48 bits per heavy atom. The zero-order valence-corrected chi connectivity index (χ0v) is 24.3. The molecular formula is C40H22N4O2. The fourth-order valence-electron chi connectivity index (χ4n) is 6.68. The first-order chi connectivity index (χ1) is 22.6. The number of amides is 2. The highest BCUT2D eigenvalue weighted by molar-refractivity contribution is 6.37. The summed E-state index contributed by atoms with van der Waals surface area (Å²) >= 11 is 0. The van der Waals surface area contributed by atoms with Gasteiger partial charge in [0.05, 0.1) is 44.7 Å². The largest absolute Gasteiger partial charge is 0.306 e. The molecule has 0 N–H and O–H groups in total. The first-order valence-corrected chi connectivity index (χ1v) is 14.7. The smallest absolute Gasteiger partial charge is 0.268 e. The van der Waals surface area contributed by atoms with Crippen LogP contribution in [0.3, 0.4) is 0 Å². The van der Waals surface area contributed by atoms with E-state index in [4.69, 9.17) is 0 Å². The van der Waals surface area contributed by atoms with Crippen molar-refractivity contribution >= 4 is 39.3 Å². The second-order valence-electron chi connectivity index (χ2n) is 11.0. The van der Waals surface area contributed by atoms with Crippen LogP contribution >= 0.6 is 0 Å². The third-order valence-corrected chi connectivity index (χ3v) is 8.61. The first-order valence-electron chi connectivity index (χ1n) is 14.7. The molecular weight excluding hydrogens is 568 g/mol. The standard InChI is InChI=1S/C40H22N4O2/c41-23-27-15-7-19-31-32-20-8-16-28(24-42)37(32)43(36(27)31)34-22-10-21-33-35(34)40(46)44(39(33)45)38-29(25-11-3-1-4-12-25)17-9-18-30(38)26-13-5-2-6-14-26/h1-22H. The van der Waals surface area contributed by atoms with Crippen LogP contribution in [0, 0.1) is 22.7 Å². The summed E-state index contributed by atoms with van der Waals surface area (Å²) in [5.74, 6) is -0.917. The van der Waals surface area contributed by atoms with Crippen molar-refractivity contribution in [3.8, 4) is 40.1 Å². The lowest BCUT2D eigenvalue weighted by atomic mass is 9.95. The average molecular weight is 591 g/mol. The number of hydrogen-bond donors (Lipinski definition) is 0. The summed E-state index contributed by atoms with van der Waals surface area (Å²) in [6, 6.07) is 45.8. The van der Waals surface area contributed by atoms with Crippen molar-refractivity contribution in [1.29, 1.82) is 10.5 Å². The lowest BCUT2D eigenvalue weighted by molar-refractivity contribution is 0.0926. The lowest BCUT2D eigenvalue weighted by Gasteiger charge is -2.23. The van der Waals surface area contributed by atoms with Crippen LogP contribution in [0.1, 0.15) is 31.8 Å². The molecule has 0 aliphatic carbocycles. The van der Waals surface area contributed by atoms with Gasteiger partial charge in [-0.3, -0.25) is 9.59 Å². The molecule has 0 bridgehead atoms. The molecule has 7 aromatic rings. The van der Waals surface area contributed by atoms with Crippen LogP contribution in [0.15, 0.2) is 133 Å². The van der Waals surface area contributed by atoms with E-state index in [1.54, 1.807) is 47.0 Å². The van der Waals surface area contributed by atoms with Crippen LogP contribution in [0.25, 0.3) is 49.7 Å². The molecule has 0 fully saturated rings. The number of carbonyl (C=O) groups excluding carboxylic acids is 2. The van der Waals surface area contributed by atoms with Gasteiger partial charge < -0.3 is 4.57 Å². The quantitative estimate of drug-likeness (QED) is 0.192. The van der Waals surface area contributed by atoms with E-state index < -0.39 is 11.8 Å². The molecule has 0 atom stereocenters. The average Bonchev–Trinajstić information content (AvgIpc) is 3.59. The summed E-state index contributed by atoms with van der Waals surface area (Å²) in [5, 5.41) is 21.9. The fourth-order valence-corrected chi connectivity index (χ4v) is 6.68.